The number of methoxy groups -OCH3 is 1. The van der Waals surface area contributed by atoms with E-state index in [9.17, 15) is 9.59 Å². The van der Waals surface area contributed by atoms with Gasteiger partial charge in [0.05, 0.1) is 7.11 Å². The molecule has 76 valence electrons. The molecule has 0 radical (unpaired) electrons. The molecular formula is C8H14O5. The number of hydrogen-bond donors (Lipinski definition) is 0. The Hall–Kier alpha value is -1.10. The average Bonchev–Trinajstić information content (AvgIpc) is 2.57. The lowest BCUT2D eigenvalue weighted by Gasteiger charge is -1.91. The van der Waals surface area contributed by atoms with Crippen molar-refractivity contribution < 1.29 is 23.8 Å². The van der Waals surface area contributed by atoms with Crippen molar-refractivity contribution in [3.63, 3.8) is 0 Å². The van der Waals surface area contributed by atoms with Crippen LogP contribution in [0.1, 0.15) is 19.8 Å². The summed E-state index contributed by atoms with van der Waals surface area (Å²) in [4.78, 5) is 20.1. The second kappa shape index (κ2) is 7.54. The Bertz CT molecular complexity index is 158. The summed E-state index contributed by atoms with van der Waals surface area (Å²) < 4.78 is 13.1. The van der Waals surface area contributed by atoms with Gasteiger partial charge in [0.1, 0.15) is 6.61 Å². The van der Waals surface area contributed by atoms with Gasteiger partial charge in [-0.1, -0.05) is 6.92 Å². The minimum Gasteiger partial charge on any atom is -0.469 e. The van der Waals surface area contributed by atoms with Gasteiger partial charge in [0.15, 0.2) is 6.79 Å². The van der Waals surface area contributed by atoms with Gasteiger partial charge in [-0.3, -0.25) is 4.79 Å². The molecule has 0 unspecified atom stereocenters. The molecule has 1 heterocycles. The Morgan fingerprint density at radius 2 is 2.31 bits per heavy atom. The molecule has 1 rings (SSSR count). The first kappa shape index (κ1) is 11.9. The number of carbonyl (C=O) groups excluding carboxylic acids is 2. The highest BCUT2D eigenvalue weighted by Gasteiger charge is 2.08. The molecular weight excluding hydrogens is 176 g/mol. The van der Waals surface area contributed by atoms with Crippen LogP contribution in [0.15, 0.2) is 0 Å². The first-order chi connectivity index (χ1) is 6.20. The summed E-state index contributed by atoms with van der Waals surface area (Å²) in [6.45, 7) is 2.20. The molecule has 0 saturated carbocycles. The third-order valence-electron chi connectivity index (χ3n) is 1.20. The zero-order chi connectivity index (χ0) is 10.1. The first-order valence-corrected chi connectivity index (χ1v) is 4.00. The maximum atomic E-state index is 10.2. The fourth-order valence-corrected chi connectivity index (χ4v) is 0.580. The van der Waals surface area contributed by atoms with Crippen LogP contribution >= 0.6 is 0 Å². The maximum absolute atomic E-state index is 10.2. The molecule has 0 bridgehead atoms. The van der Waals surface area contributed by atoms with E-state index in [2.05, 4.69) is 14.2 Å². The van der Waals surface area contributed by atoms with E-state index in [0.717, 1.165) is 6.42 Å². The number of rotatable bonds is 2. The molecule has 0 aromatic heterocycles. The van der Waals surface area contributed by atoms with Crippen LogP contribution in [0.3, 0.4) is 0 Å². The van der Waals surface area contributed by atoms with E-state index in [4.69, 9.17) is 0 Å². The Labute approximate surface area is 77.0 Å². The monoisotopic (exact) mass is 190 g/mol. The summed E-state index contributed by atoms with van der Waals surface area (Å²) in [6, 6.07) is 0. The Kier molecular flexibility index (Phi) is 6.91. The first-order valence-electron chi connectivity index (χ1n) is 4.00. The molecule has 0 aromatic carbocycles. The van der Waals surface area contributed by atoms with Crippen molar-refractivity contribution in [1.82, 2.24) is 0 Å². The van der Waals surface area contributed by atoms with E-state index >= 15 is 0 Å². The molecule has 5 nitrogen and oxygen atoms in total. The van der Waals surface area contributed by atoms with Crippen molar-refractivity contribution in [3.05, 3.63) is 0 Å². The van der Waals surface area contributed by atoms with Crippen molar-refractivity contribution in [2.24, 2.45) is 0 Å². The summed E-state index contributed by atoms with van der Waals surface area (Å²) in [5, 5.41) is 0. The van der Waals surface area contributed by atoms with E-state index in [1.54, 1.807) is 0 Å². The van der Waals surface area contributed by atoms with Crippen LogP contribution in [0.4, 0.5) is 0 Å². The number of carbonyl (C=O) groups is 2. The third kappa shape index (κ3) is 7.27. The van der Waals surface area contributed by atoms with Crippen LogP contribution in [0.25, 0.3) is 0 Å². The quantitative estimate of drug-likeness (QED) is 0.592. The highest BCUT2D eigenvalue weighted by atomic mass is 16.7. The zero-order valence-corrected chi connectivity index (χ0v) is 7.87. The van der Waals surface area contributed by atoms with Crippen molar-refractivity contribution in [2.75, 3.05) is 20.5 Å². The summed E-state index contributed by atoms with van der Waals surface area (Å²) >= 11 is 0. The van der Waals surface area contributed by atoms with Crippen molar-refractivity contribution in [1.29, 1.82) is 0 Å². The Morgan fingerprint density at radius 1 is 1.62 bits per heavy atom. The summed E-state index contributed by atoms with van der Waals surface area (Å²) in [6.07, 6.45) is 1.41. The molecule has 1 saturated heterocycles. The van der Waals surface area contributed by atoms with Gasteiger partial charge in [-0.25, -0.2) is 4.79 Å². The van der Waals surface area contributed by atoms with E-state index < -0.39 is 0 Å². The third-order valence-corrected chi connectivity index (χ3v) is 1.20. The fraction of sp³-hybridized carbons (Fsp3) is 0.750. The molecule has 1 fully saturated rings. The van der Waals surface area contributed by atoms with E-state index in [0.29, 0.717) is 6.42 Å². The molecule has 5 heteroatoms. The van der Waals surface area contributed by atoms with Crippen LogP contribution in [0, 0.1) is 0 Å². The van der Waals surface area contributed by atoms with Crippen LogP contribution in [0.5, 0.6) is 0 Å². The molecule has 0 aromatic rings. The van der Waals surface area contributed by atoms with Gasteiger partial charge >= 0.3 is 11.9 Å². The molecule has 0 atom stereocenters. The van der Waals surface area contributed by atoms with Crippen LogP contribution in [-0.2, 0) is 23.8 Å². The van der Waals surface area contributed by atoms with Crippen LogP contribution in [-0.4, -0.2) is 32.4 Å². The molecule has 1 aliphatic rings. The molecule has 0 amide bonds. The second-order valence-electron chi connectivity index (χ2n) is 2.31. The fourth-order valence-electron chi connectivity index (χ4n) is 0.580. The normalized spacial score (nSPS) is 14.2. The lowest BCUT2D eigenvalue weighted by molar-refractivity contribution is -0.140. The van der Waals surface area contributed by atoms with Gasteiger partial charge in [0, 0.05) is 6.42 Å². The van der Waals surface area contributed by atoms with E-state index in [1.807, 2.05) is 6.92 Å². The Balaban J connectivity index is 0.000000223. The lowest BCUT2D eigenvalue weighted by Crippen LogP contribution is -1.97. The Morgan fingerprint density at radius 3 is 2.46 bits per heavy atom. The predicted octanol–water partition coefficient (Wildman–Crippen LogP) is 0.477. The second-order valence-corrected chi connectivity index (χ2v) is 2.31. The van der Waals surface area contributed by atoms with E-state index in [1.165, 1.54) is 7.11 Å². The van der Waals surface area contributed by atoms with Crippen molar-refractivity contribution >= 4 is 11.9 Å². The van der Waals surface area contributed by atoms with Crippen LogP contribution in [0.2, 0.25) is 0 Å². The van der Waals surface area contributed by atoms with Crippen molar-refractivity contribution in [3.8, 4) is 0 Å². The van der Waals surface area contributed by atoms with Gasteiger partial charge in [-0.05, 0) is 6.42 Å². The van der Waals surface area contributed by atoms with Gasteiger partial charge in [0.25, 0.3) is 0 Å². The molecule has 1 aliphatic heterocycles. The summed E-state index contributed by atoms with van der Waals surface area (Å²) in [7, 11) is 1.40. The smallest absolute Gasteiger partial charge is 0.334 e. The highest BCUT2D eigenvalue weighted by Crippen LogP contribution is 1.89. The van der Waals surface area contributed by atoms with E-state index in [-0.39, 0.29) is 25.3 Å². The van der Waals surface area contributed by atoms with Gasteiger partial charge in [-0.15, -0.1) is 0 Å². The number of cyclic esters (lactones) is 1. The lowest BCUT2D eigenvalue weighted by atomic mass is 10.3. The highest BCUT2D eigenvalue weighted by molar-refractivity contribution is 5.71. The molecule has 0 spiro atoms. The number of hydrogen-bond acceptors (Lipinski definition) is 5. The van der Waals surface area contributed by atoms with Gasteiger partial charge in [0.2, 0.25) is 0 Å². The topological polar surface area (TPSA) is 61.8 Å². The summed E-state index contributed by atoms with van der Waals surface area (Å²) in [5.74, 6) is -0.391. The maximum Gasteiger partial charge on any atom is 0.334 e. The predicted molar refractivity (Wildman–Crippen MR) is 43.8 cm³/mol. The standard InChI is InChI=1S/C5H10O2.C3H4O3/c1-3-4-5(6)7-2;4-3-1-5-2-6-3/h3-4H2,1-2H3;1-2H2. The van der Waals surface area contributed by atoms with Gasteiger partial charge < -0.3 is 14.2 Å². The zero-order valence-electron chi connectivity index (χ0n) is 7.87. The molecule has 13 heavy (non-hydrogen) atoms. The number of esters is 2. The largest absolute Gasteiger partial charge is 0.469 e. The molecule has 0 aliphatic carbocycles. The summed E-state index contributed by atoms with van der Waals surface area (Å²) in [5.41, 5.74) is 0. The van der Waals surface area contributed by atoms with Gasteiger partial charge in [-0.2, -0.15) is 0 Å². The minimum atomic E-state index is -0.269. The van der Waals surface area contributed by atoms with Crippen molar-refractivity contribution in [2.45, 2.75) is 19.8 Å². The minimum absolute atomic E-state index is 0.123. The van der Waals surface area contributed by atoms with Crippen LogP contribution < -0.4 is 0 Å². The number of ether oxygens (including phenoxy) is 3. The molecule has 0 N–H and O–H groups in total. The average molecular weight is 190 g/mol. The SMILES string of the molecule is CCCC(=O)OC.O=C1COCO1.